The Morgan fingerprint density at radius 1 is 1.09 bits per heavy atom. The zero-order chi connectivity index (χ0) is 22.3. The van der Waals surface area contributed by atoms with Crippen LogP contribution in [0.5, 0.6) is 0 Å². The second-order valence-corrected chi connectivity index (χ2v) is 10.0. The van der Waals surface area contributed by atoms with Crippen molar-refractivity contribution in [2.24, 2.45) is 5.41 Å². The number of nitrogens with zero attached hydrogens (tertiary/aromatic N) is 5. The fourth-order valence-electron chi connectivity index (χ4n) is 5.55. The van der Waals surface area contributed by atoms with Crippen LogP contribution in [0.1, 0.15) is 37.9 Å². The summed E-state index contributed by atoms with van der Waals surface area (Å²) < 4.78 is 5.91. The Morgan fingerprint density at radius 2 is 1.84 bits per heavy atom. The predicted molar refractivity (Wildman–Crippen MR) is 123 cm³/mol. The molecule has 0 N–H and O–H groups in total. The third-order valence-corrected chi connectivity index (χ3v) is 7.22. The lowest BCUT2D eigenvalue weighted by Gasteiger charge is -2.58. The summed E-state index contributed by atoms with van der Waals surface area (Å²) in [7, 11) is 0. The number of aromatic nitrogens is 2. The molecule has 1 spiro atoms. The number of amides is 1. The van der Waals surface area contributed by atoms with Gasteiger partial charge in [-0.2, -0.15) is 0 Å². The lowest BCUT2D eigenvalue weighted by Crippen LogP contribution is -2.64. The van der Waals surface area contributed by atoms with E-state index in [1.165, 1.54) is 5.56 Å². The smallest absolute Gasteiger partial charge is 0.410 e. The second-order valence-electron chi connectivity index (χ2n) is 10.0. The van der Waals surface area contributed by atoms with Gasteiger partial charge < -0.3 is 14.5 Å². The van der Waals surface area contributed by atoms with Gasteiger partial charge in [0.05, 0.1) is 0 Å². The Hall–Kier alpha value is -2.67. The van der Waals surface area contributed by atoms with Crippen LogP contribution >= 0.6 is 0 Å². The first kappa shape index (κ1) is 21.2. The molecular formula is C25H33N5O2. The molecule has 2 aliphatic heterocycles. The van der Waals surface area contributed by atoms with E-state index >= 15 is 0 Å². The van der Waals surface area contributed by atoms with Crippen LogP contribution < -0.4 is 4.90 Å². The highest BCUT2D eigenvalue weighted by Gasteiger charge is 2.54. The molecular weight excluding hydrogens is 402 g/mol. The Balaban J connectivity index is 1.09. The Morgan fingerprint density at radius 3 is 2.56 bits per heavy atom. The third kappa shape index (κ3) is 4.18. The van der Waals surface area contributed by atoms with E-state index in [4.69, 9.17) is 4.74 Å². The fourth-order valence-corrected chi connectivity index (χ4v) is 5.55. The molecule has 3 aliphatic rings. The van der Waals surface area contributed by atoms with Gasteiger partial charge in [0.15, 0.2) is 0 Å². The van der Waals surface area contributed by atoms with E-state index in [0.717, 1.165) is 44.1 Å². The summed E-state index contributed by atoms with van der Waals surface area (Å²) >= 11 is 0. The van der Waals surface area contributed by atoms with Crippen LogP contribution in [0.25, 0.3) is 0 Å². The number of carbonyl (C=O) groups excluding carboxylic acids is 1. The van der Waals surface area contributed by atoms with Crippen LogP contribution in [0, 0.1) is 12.3 Å². The van der Waals surface area contributed by atoms with Crippen molar-refractivity contribution in [2.75, 3.05) is 31.1 Å². The Labute approximate surface area is 190 Å². The van der Waals surface area contributed by atoms with Crippen molar-refractivity contribution >= 4 is 12.0 Å². The molecule has 1 aliphatic carbocycles. The highest BCUT2D eigenvalue weighted by atomic mass is 16.6. The monoisotopic (exact) mass is 435 g/mol. The van der Waals surface area contributed by atoms with Gasteiger partial charge in [-0.25, -0.2) is 14.8 Å². The molecule has 7 heteroatoms. The van der Waals surface area contributed by atoms with Gasteiger partial charge in [-0.05, 0) is 45.2 Å². The molecule has 2 saturated heterocycles. The fraction of sp³-hybridized carbons (Fsp3) is 0.560. The molecule has 2 aromatic rings. The number of hydrogen-bond acceptors (Lipinski definition) is 6. The topological polar surface area (TPSA) is 61.8 Å². The zero-order valence-corrected chi connectivity index (χ0v) is 19.3. The maximum atomic E-state index is 12.9. The van der Waals surface area contributed by atoms with Crippen LogP contribution in [-0.2, 0) is 11.3 Å². The van der Waals surface area contributed by atoms with Crippen LogP contribution in [0.15, 0.2) is 42.6 Å². The van der Waals surface area contributed by atoms with Gasteiger partial charge in [0, 0.05) is 62.1 Å². The molecule has 7 nitrogen and oxygen atoms in total. The zero-order valence-electron chi connectivity index (χ0n) is 19.3. The maximum Gasteiger partial charge on any atom is 0.410 e. The molecule has 32 heavy (non-hydrogen) atoms. The van der Waals surface area contributed by atoms with Gasteiger partial charge in [0.1, 0.15) is 6.10 Å². The molecule has 1 aromatic heterocycles. The Bertz CT molecular complexity index is 954. The van der Waals surface area contributed by atoms with Gasteiger partial charge in [0.2, 0.25) is 5.95 Å². The lowest BCUT2D eigenvalue weighted by atomic mass is 9.61. The molecule has 0 bridgehead atoms. The summed E-state index contributed by atoms with van der Waals surface area (Å²) in [6.45, 7) is 10.7. The third-order valence-electron chi connectivity index (χ3n) is 7.22. The van der Waals surface area contributed by atoms with Crippen molar-refractivity contribution in [2.45, 2.75) is 58.3 Å². The summed E-state index contributed by atoms with van der Waals surface area (Å²) in [5, 5.41) is 0. The first-order chi connectivity index (χ1) is 15.4. The van der Waals surface area contributed by atoms with Crippen molar-refractivity contribution in [3.8, 4) is 0 Å². The maximum absolute atomic E-state index is 12.9. The van der Waals surface area contributed by atoms with Gasteiger partial charge in [-0.15, -0.1) is 0 Å². The molecule has 0 unspecified atom stereocenters. The summed E-state index contributed by atoms with van der Waals surface area (Å²) in [5.74, 6) is 0.739. The lowest BCUT2D eigenvalue weighted by molar-refractivity contribution is -0.137. The minimum absolute atomic E-state index is 0.0573. The molecule has 2 atom stereocenters. The normalized spacial score (nSPS) is 25.3. The van der Waals surface area contributed by atoms with E-state index in [1.807, 2.05) is 17.9 Å². The largest absolute Gasteiger partial charge is 0.446 e. The number of benzene rings is 1. The number of hydrogen-bond donors (Lipinski definition) is 0. The minimum Gasteiger partial charge on any atom is -0.446 e. The first-order valence-electron chi connectivity index (χ1n) is 11.7. The van der Waals surface area contributed by atoms with Gasteiger partial charge >= 0.3 is 6.09 Å². The summed E-state index contributed by atoms with van der Waals surface area (Å²) in [6.07, 6.45) is 3.66. The number of piperazine rings is 1. The number of rotatable bonds is 4. The minimum atomic E-state index is -0.172. The number of aryl methyl sites for hydroxylation is 1. The standard InChI is InChI=1S/C25H33N5O2/c1-18-9-10-26-23(27-18)29-13-20(3)30(14-19(29)2)24(31)32-22-11-25(12-22)16-28(17-25)15-21-7-5-4-6-8-21/h4-10,19-20,22H,11-17H2,1-3H3/t19-,20-/m1/s1. The molecule has 1 saturated carbocycles. The van der Waals surface area contributed by atoms with E-state index < -0.39 is 0 Å². The van der Waals surface area contributed by atoms with Gasteiger partial charge in [-0.3, -0.25) is 4.90 Å². The van der Waals surface area contributed by atoms with E-state index in [9.17, 15) is 4.79 Å². The summed E-state index contributed by atoms with van der Waals surface area (Å²) in [4.78, 5) is 28.5. The van der Waals surface area contributed by atoms with E-state index in [-0.39, 0.29) is 24.3 Å². The number of ether oxygens (including phenoxy) is 1. The predicted octanol–water partition coefficient (Wildman–Crippen LogP) is 3.49. The average molecular weight is 436 g/mol. The molecule has 1 aromatic carbocycles. The molecule has 3 fully saturated rings. The summed E-state index contributed by atoms with van der Waals surface area (Å²) in [6, 6.07) is 12.7. The molecule has 170 valence electrons. The van der Waals surface area contributed by atoms with Crippen molar-refractivity contribution in [1.82, 2.24) is 19.8 Å². The Kier molecular flexibility index (Phi) is 5.53. The quantitative estimate of drug-likeness (QED) is 0.733. The van der Waals surface area contributed by atoms with E-state index in [0.29, 0.717) is 18.5 Å². The van der Waals surface area contributed by atoms with Crippen molar-refractivity contribution in [1.29, 1.82) is 0 Å². The highest BCUT2D eigenvalue weighted by Crippen LogP contribution is 2.50. The second kappa shape index (κ2) is 8.35. The molecule has 3 heterocycles. The highest BCUT2D eigenvalue weighted by molar-refractivity contribution is 5.69. The molecule has 1 amide bonds. The first-order valence-corrected chi connectivity index (χ1v) is 11.7. The van der Waals surface area contributed by atoms with E-state index in [2.05, 4.69) is 63.9 Å². The van der Waals surface area contributed by atoms with Crippen LogP contribution in [-0.4, -0.2) is 70.2 Å². The summed E-state index contributed by atoms with van der Waals surface area (Å²) in [5.41, 5.74) is 2.68. The number of carbonyl (C=O) groups is 1. The average Bonchev–Trinajstić information content (AvgIpc) is 2.72. The van der Waals surface area contributed by atoms with Crippen molar-refractivity contribution in [3.05, 3.63) is 53.9 Å². The van der Waals surface area contributed by atoms with Crippen LogP contribution in [0.3, 0.4) is 0 Å². The van der Waals surface area contributed by atoms with Crippen molar-refractivity contribution in [3.63, 3.8) is 0 Å². The molecule has 0 radical (unpaired) electrons. The van der Waals surface area contributed by atoms with Gasteiger partial charge in [0.25, 0.3) is 0 Å². The van der Waals surface area contributed by atoms with Gasteiger partial charge in [-0.1, -0.05) is 30.3 Å². The SMILES string of the molecule is Cc1ccnc(N2C[C@@H](C)N(C(=O)OC3CC4(C3)CN(Cc3ccccc3)C4)C[C@H]2C)n1. The van der Waals surface area contributed by atoms with Crippen molar-refractivity contribution < 1.29 is 9.53 Å². The number of likely N-dealkylation sites (tertiary alicyclic amines) is 1. The van der Waals surface area contributed by atoms with E-state index in [1.54, 1.807) is 6.20 Å². The number of anilines is 1. The van der Waals surface area contributed by atoms with Crippen LogP contribution in [0.4, 0.5) is 10.7 Å². The molecule has 5 rings (SSSR count). The van der Waals surface area contributed by atoms with Crippen LogP contribution in [0.2, 0.25) is 0 Å².